The zero-order chi connectivity index (χ0) is 21.3. The van der Waals surface area contributed by atoms with E-state index < -0.39 is 12.0 Å². The van der Waals surface area contributed by atoms with Crippen LogP contribution in [0, 0.1) is 18.8 Å². The molecule has 2 fully saturated rings. The van der Waals surface area contributed by atoms with Crippen LogP contribution in [0.25, 0.3) is 0 Å². The Balaban J connectivity index is 1.71. The first-order valence-electron chi connectivity index (χ1n) is 11.0. The summed E-state index contributed by atoms with van der Waals surface area (Å²) in [4.78, 5) is 34.4. The van der Waals surface area contributed by atoms with E-state index in [0.29, 0.717) is 5.69 Å². The van der Waals surface area contributed by atoms with Crippen molar-refractivity contribution in [3.63, 3.8) is 0 Å². The molecule has 0 bridgehead atoms. The quantitative estimate of drug-likeness (QED) is 0.614. The topological polar surface area (TPSA) is 49.9 Å². The van der Waals surface area contributed by atoms with Gasteiger partial charge < -0.3 is 0 Å². The summed E-state index contributed by atoms with van der Waals surface area (Å²) in [5, 5.41) is 1.85. The number of rotatable bonds is 7. The first-order chi connectivity index (χ1) is 14.6. The molecule has 2 amide bonds. The molecule has 2 heterocycles. The van der Waals surface area contributed by atoms with Crippen molar-refractivity contribution < 1.29 is 14.4 Å². The highest BCUT2D eigenvalue weighted by Gasteiger charge is 2.61. The van der Waals surface area contributed by atoms with Gasteiger partial charge in [-0.25, -0.2) is 9.96 Å². The summed E-state index contributed by atoms with van der Waals surface area (Å²) < 4.78 is 0. The van der Waals surface area contributed by atoms with E-state index in [1.54, 1.807) is 0 Å². The highest BCUT2D eigenvalue weighted by Crippen LogP contribution is 2.44. The molecule has 0 radical (unpaired) electrons. The van der Waals surface area contributed by atoms with E-state index in [2.05, 4.69) is 13.8 Å². The maximum Gasteiger partial charge on any atom is 0.266 e. The van der Waals surface area contributed by atoms with Crippen molar-refractivity contribution in [1.29, 1.82) is 0 Å². The molecule has 0 aliphatic carbocycles. The Labute approximate surface area is 178 Å². The molecule has 2 aliphatic rings. The average Bonchev–Trinajstić information content (AvgIpc) is 3.27. The molecule has 4 rings (SSSR count). The van der Waals surface area contributed by atoms with Crippen molar-refractivity contribution in [3.05, 3.63) is 60.2 Å². The van der Waals surface area contributed by atoms with Crippen LogP contribution in [0.15, 0.2) is 54.6 Å². The van der Waals surface area contributed by atoms with Crippen LogP contribution in [0.3, 0.4) is 0 Å². The predicted octanol–water partition coefficient (Wildman–Crippen LogP) is 4.89. The van der Waals surface area contributed by atoms with Gasteiger partial charge in [0, 0.05) is 0 Å². The third-order valence-corrected chi connectivity index (χ3v) is 6.40. The molecule has 30 heavy (non-hydrogen) atoms. The lowest BCUT2D eigenvalue weighted by Gasteiger charge is -2.33. The van der Waals surface area contributed by atoms with Crippen LogP contribution in [0.2, 0.25) is 0 Å². The predicted molar refractivity (Wildman–Crippen MR) is 118 cm³/mol. The van der Waals surface area contributed by atoms with Gasteiger partial charge in [0.1, 0.15) is 0 Å². The highest BCUT2D eigenvalue weighted by atomic mass is 16.7. The summed E-state index contributed by atoms with van der Waals surface area (Å²) in [6.07, 6.45) is 3.39. The number of hydroxylamine groups is 1. The average molecular weight is 407 g/mol. The van der Waals surface area contributed by atoms with Gasteiger partial charge in [0.05, 0.1) is 23.3 Å². The molecule has 2 aliphatic heterocycles. The first kappa shape index (κ1) is 20.6. The Kier molecular flexibility index (Phi) is 5.91. The van der Waals surface area contributed by atoms with Gasteiger partial charge in [0.2, 0.25) is 5.91 Å². The molecule has 0 saturated carbocycles. The number of para-hydroxylation sites is 1. The minimum atomic E-state index is -0.764. The number of nitrogens with zero attached hydrogens (tertiary/aromatic N) is 2. The number of fused-ring (bicyclic) bond motifs is 1. The maximum atomic E-state index is 13.6. The van der Waals surface area contributed by atoms with Crippen molar-refractivity contribution in [2.24, 2.45) is 11.8 Å². The second kappa shape index (κ2) is 8.60. The molecule has 158 valence electrons. The van der Waals surface area contributed by atoms with E-state index in [1.807, 2.05) is 66.6 Å². The zero-order valence-electron chi connectivity index (χ0n) is 18.0. The number of anilines is 2. The Morgan fingerprint density at radius 3 is 2.27 bits per heavy atom. The fraction of sp³-hybridized carbons (Fsp3) is 0.440. The van der Waals surface area contributed by atoms with Gasteiger partial charge in [-0.15, -0.1) is 0 Å². The van der Waals surface area contributed by atoms with Crippen LogP contribution in [0.5, 0.6) is 0 Å². The summed E-state index contributed by atoms with van der Waals surface area (Å²) in [6.45, 7) is 6.33. The third-order valence-electron chi connectivity index (χ3n) is 6.40. The van der Waals surface area contributed by atoms with Gasteiger partial charge in [-0.2, -0.15) is 0 Å². The van der Waals surface area contributed by atoms with Crippen molar-refractivity contribution in [2.75, 3.05) is 9.96 Å². The third kappa shape index (κ3) is 3.52. The number of unbranched alkanes of at least 4 members (excludes halogenated alkanes) is 1. The molecule has 4 atom stereocenters. The molecule has 2 aromatic carbocycles. The van der Waals surface area contributed by atoms with Gasteiger partial charge in [-0.1, -0.05) is 69.0 Å². The Bertz CT molecular complexity index is 896. The smallest absolute Gasteiger partial charge is 0.266 e. The molecule has 0 spiro atoms. The Morgan fingerprint density at radius 1 is 0.933 bits per heavy atom. The lowest BCUT2D eigenvalue weighted by Crippen LogP contribution is -2.44. The molecule has 0 aromatic heterocycles. The number of amides is 2. The fourth-order valence-electron chi connectivity index (χ4n) is 4.77. The summed E-state index contributed by atoms with van der Waals surface area (Å²) in [5.74, 6) is -0.620. The minimum absolute atomic E-state index is 0.146. The second-order valence-electron chi connectivity index (χ2n) is 8.36. The zero-order valence-corrected chi connectivity index (χ0v) is 18.0. The van der Waals surface area contributed by atoms with Crippen LogP contribution in [0.4, 0.5) is 11.4 Å². The maximum absolute atomic E-state index is 13.6. The fourth-order valence-corrected chi connectivity index (χ4v) is 4.77. The summed E-state index contributed by atoms with van der Waals surface area (Å²) in [7, 11) is 0. The molecule has 5 heteroatoms. The number of hydrogen-bond donors (Lipinski definition) is 0. The van der Waals surface area contributed by atoms with E-state index >= 15 is 0 Å². The number of carbonyl (C=O) groups excluding carboxylic acids is 2. The van der Waals surface area contributed by atoms with Crippen LogP contribution >= 0.6 is 0 Å². The van der Waals surface area contributed by atoms with Crippen LogP contribution < -0.4 is 9.96 Å². The van der Waals surface area contributed by atoms with Gasteiger partial charge in [-0.3, -0.25) is 14.4 Å². The van der Waals surface area contributed by atoms with Gasteiger partial charge in [0.15, 0.2) is 6.10 Å². The van der Waals surface area contributed by atoms with Gasteiger partial charge in [0.25, 0.3) is 5.91 Å². The highest BCUT2D eigenvalue weighted by molar-refractivity contribution is 6.23. The first-order valence-corrected chi connectivity index (χ1v) is 11.0. The molecule has 5 nitrogen and oxygen atoms in total. The van der Waals surface area contributed by atoms with Crippen molar-refractivity contribution >= 4 is 23.2 Å². The van der Waals surface area contributed by atoms with Crippen molar-refractivity contribution in [2.45, 2.75) is 58.6 Å². The largest absolute Gasteiger partial charge is 0.273 e. The van der Waals surface area contributed by atoms with Crippen molar-refractivity contribution in [1.82, 2.24) is 0 Å². The molecule has 0 unspecified atom stereocenters. The van der Waals surface area contributed by atoms with Crippen LogP contribution in [-0.2, 0) is 14.4 Å². The SMILES string of the molecule is CCCC[C@H](CC)[C@H]1[C@H]2C(=O)N(c3ccc(C)cc3)C(=O)[C@H]2ON1c1ccccc1. The molecule has 0 N–H and O–H groups in total. The van der Waals surface area contributed by atoms with Crippen molar-refractivity contribution in [3.8, 4) is 0 Å². The summed E-state index contributed by atoms with van der Waals surface area (Å²) >= 11 is 0. The van der Waals surface area contributed by atoms with E-state index in [4.69, 9.17) is 4.84 Å². The number of hydrogen-bond acceptors (Lipinski definition) is 4. The second-order valence-corrected chi connectivity index (χ2v) is 8.36. The number of benzene rings is 2. The molecular formula is C25H30N2O3. The van der Waals surface area contributed by atoms with Crippen LogP contribution in [0.1, 0.15) is 45.1 Å². The van der Waals surface area contributed by atoms with E-state index in [9.17, 15) is 9.59 Å². The molecular weight excluding hydrogens is 376 g/mol. The lowest BCUT2D eigenvalue weighted by atomic mass is 9.82. The minimum Gasteiger partial charge on any atom is -0.273 e. The lowest BCUT2D eigenvalue weighted by molar-refractivity contribution is -0.126. The molecule has 2 saturated heterocycles. The van der Waals surface area contributed by atoms with Gasteiger partial charge in [-0.05, 0) is 43.5 Å². The van der Waals surface area contributed by atoms with Crippen LogP contribution in [-0.4, -0.2) is 24.0 Å². The Morgan fingerprint density at radius 2 is 1.63 bits per heavy atom. The van der Waals surface area contributed by atoms with E-state index in [1.165, 1.54) is 4.90 Å². The summed E-state index contributed by atoms with van der Waals surface area (Å²) in [5.41, 5.74) is 2.61. The standard InChI is InChI=1S/C25H30N2O3/c1-4-6-10-18(5-2)22-21-23(30-27(22)20-11-8-7-9-12-20)25(29)26(24(21)28)19-15-13-17(3)14-16-19/h7-9,11-16,18,21-23H,4-6,10H2,1-3H3/t18-,21+,22-,23-/m0/s1. The summed E-state index contributed by atoms with van der Waals surface area (Å²) in [6, 6.07) is 17.2. The van der Waals surface area contributed by atoms with E-state index in [-0.39, 0.29) is 23.8 Å². The number of carbonyl (C=O) groups is 2. The van der Waals surface area contributed by atoms with E-state index in [0.717, 1.165) is 36.9 Å². The molecule has 2 aromatic rings. The monoisotopic (exact) mass is 406 g/mol. The van der Waals surface area contributed by atoms with Gasteiger partial charge >= 0.3 is 0 Å². The number of imide groups is 1. The Hall–Kier alpha value is -2.66. The normalized spacial score (nSPS) is 24.4. The number of aryl methyl sites for hydroxylation is 1.